The monoisotopic (exact) mass is 293 g/mol. The van der Waals surface area contributed by atoms with Gasteiger partial charge in [0.1, 0.15) is 0 Å². The normalized spacial score (nSPS) is 10.9. The lowest BCUT2D eigenvalue weighted by molar-refractivity contribution is 0.0947. The summed E-state index contributed by atoms with van der Waals surface area (Å²) >= 11 is 7.66. The van der Waals surface area contributed by atoms with Gasteiger partial charge in [-0.3, -0.25) is 9.69 Å². The summed E-state index contributed by atoms with van der Waals surface area (Å²) in [5.74, 6) is 0.160. The van der Waals surface area contributed by atoms with E-state index in [0.29, 0.717) is 13.1 Å². The average molecular weight is 294 g/mol. The zero-order valence-electron chi connectivity index (χ0n) is 11.0. The number of likely N-dealkylation sites (N-methyl/N-ethyl adjacent to an activating group) is 1. The predicted molar refractivity (Wildman–Crippen MR) is 81.2 cm³/mol. The maximum Gasteiger partial charge on any atom is 0.186 e. The van der Waals surface area contributed by atoms with Crippen LogP contribution in [0, 0.1) is 6.92 Å². The van der Waals surface area contributed by atoms with Gasteiger partial charge in [0.15, 0.2) is 5.78 Å². The number of halogens is 1. The van der Waals surface area contributed by atoms with Crippen molar-refractivity contribution in [2.45, 2.75) is 13.5 Å². The van der Waals surface area contributed by atoms with E-state index in [1.54, 1.807) is 11.3 Å². The van der Waals surface area contributed by atoms with Crippen LogP contribution < -0.4 is 0 Å². The van der Waals surface area contributed by atoms with Crippen LogP contribution in [-0.2, 0) is 6.54 Å². The molecule has 1 aromatic heterocycles. The van der Waals surface area contributed by atoms with Gasteiger partial charge >= 0.3 is 0 Å². The number of nitrogens with zero attached hydrogens (tertiary/aromatic N) is 1. The van der Waals surface area contributed by atoms with Crippen molar-refractivity contribution in [1.82, 2.24) is 4.90 Å². The summed E-state index contributed by atoms with van der Waals surface area (Å²) in [7, 11) is 1.93. The van der Waals surface area contributed by atoms with Crippen LogP contribution in [0.1, 0.15) is 20.1 Å². The number of hydrogen-bond donors (Lipinski definition) is 0. The quantitative estimate of drug-likeness (QED) is 0.776. The fourth-order valence-electron chi connectivity index (χ4n) is 1.88. The molecule has 0 bridgehead atoms. The number of rotatable bonds is 5. The van der Waals surface area contributed by atoms with Crippen LogP contribution in [0.3, 0.4) is 0 Å². The number of thiophene rings is 1. The summed E-state index contributed by atoms with van der Waals surface area (Å²) in [5.41, 5.74) is 1.04. The Kier molecular flexibility index (Phi) is 4.75. The highest BCUT2D eigenvalue weighted by atomic mass is 35.5. The maximum absolute atomic E-state index is 12.1. The average Bonchev–Trinajstić information content (AvgIpc) is 2.79. The van der Waals surface area contributed by atoms with Crippen molar-refractivity contribution < 1.29 is 4.79 Å². The molecular weight excluding hydrogens is 278 g/mol. The fourth-order valence-corrected chi connectivity index (χ4v) is 2.87. The molecule has 0 aliphatic carbocycles. The standard InChI is InChI=1S/C15H16ClNOS/c1-11-7-8-15(19-11)14(18)10-17(2)9-12-5-3-4-6-13(12)16/h3-8H,9-10H2,1-2H3. The topological polar surface area (TPSA) is 20.3 Å². The van der Waals surface area contributed by atoms with Crippen LogP contribution in [0.4, 0.5) is 0 Å². The minimum Gasteiger partial charge on any atom is -0.294 e. The van der Waals surface area contributed by atoms with E-state index in [4.69, 9.17) is 11.6 Å². The molecule has 0 N–H and O–H groups in total. The summed E-state index contributed by atoms with van der Waals surface area (Å²) < 4.78 is 0. The molecule has 2 rings (SSSR count). The largest absolute Gasteiger partial charge is 0.294 e. The zero-order valence-corrected chi connectivity index (χ0v) is 12.6. The van der Waals surface area contributed by atoms with Gasteiger partial charge in [-0.15, -0.1) is 11.3 Å². The van der Waals surface area contributed by atoms with Gasteiger partial charge in [0.25, 0.3) is 0 Å². The van der Waals surface area contributed by atoms with E-state index in [-0.39, 0.29) is 5.78 Å². The molecule has 0 aliphatic heterocycles. The van der Waals surface area contributed by atoms with Crippen molar-refractivity contribution >= 4 is 28.7 Å². The van der Waals surface area contributed by atoms with Crippen molar-refractivity contribution in [3.05, 3.63) is 56.7 Å². The molecular formula is C15H16ClNOS. The van der Waals surface area contributed by atoms with E-state index >= 15 is 0 Å². The second-order valence-corrected chi connectivity index (χ2v) is 6.29. The summed E-state index contributed by atoms with van der Waals surface area (Å²) in [5, 5.41) is 0.744. The predicted octanol–water partition coefficient (Wildman–Crippen LogP) is 4.02. The Morgan fingerprint density at radius 2 is 2.00 bits per heavy atom. The third kappa shape index (κ3) is 3.90. The van der Waals surface area contributed by atoms with Crippen LogP contribution in [-0.4, -0.2) is 24.3 Å². The highest BCUT2D eigenvalue weighted by Crippen LogP contribution is 2.18. The van der Waals surface area contributed by atoms with Crippen LogP contribution in [0.5, 0.6) is 0 Å². The van der Waals surface area contributed by atoms with Crippen molar-refractivity contribution in [1.29, 1.82) is 0 Å². The van der Waals surface area contributed by atoms with Gasteiger partial charge in [-0.2, -0.15) is 0 Å². The molecule has 4 heteroatoms. The molecule has 1 aromatic carbocycles. The maximum atomic E-state index is 12.1. The highest BCUT2D eigenvalue weighted by molar-refractivity contribution is 7.14. The molecule has 1 heterocycles. The van der Waals surface area contributed by atoms with Crippen molar-refractivity contribution in [2.75, 3.05) is 13.6 Å². The molecule has 0 amide bonds. The van der Waals surface area contributed by atoms with Gasteiger partial charge < -0.3 is 0 Å². The Hall–Kier alpha value is -1.16. The lowest BCUT2D eigenvalue weighted by atomic mass is 10.2. The van der Waals surface area contributed by atoms with E-state index in [2.05, 4.69) is 0 Å². The molecule has 19 heavy (non-hydrogen) atoms. The molecule has 0 unspecified atom stereocenters. The molecule has 0 spiro atoms. The van der Waals surface area contributed by atoms with Gasteiger partial charge in [-0.05, 0) is 37.7 Å². The Labute approximate surface area is 122 Å². The van der Waals surface area contributed by atoms with Crippen molar-refractivity contribution in [3.8, 4) is 0 Å². The molecule has 0 aliphatic rings. The first-order valence-corrected chi connectivity index (χ1v) is 7.27. The highest BCUT2D eigenvalue weighted by Gasteiger charge is 2.12. The van der Waals surface area contributed by atoms with E-state index < -0.39 is 0 Å². The molecule has 2 aromatic rings. The number of Topliss-reactive ketones (excluding diaryl/α,β-unsaturated/α-hetero) is 1. The number of hydrogen-bond acceptors (Lipinski definition) is 3. The van der Waals surface area contributed by atoms with Gasteiger partial charge in [-0.1, -0.05) is 29.8 Å². The first kappa shape index (κ1) is 14.3. The summed E-state index contributed by atoms with van der Waals surface area (Å²) in [6.07, 6.45) is 0. The minimum absolute atomic E-state index is 0.160. The van der Waals surface area contributed by atoms with E-state index in [9.17, 15) is 4.79 Å². The van der Waals surface area contributed by atoms with Gasteiger partial charge in [-0.25, -0.2) is 0 Å². The van der Waals surface area contributed by atoms with E-state index in [0.717, 1.165) is 20.3 Å². The lowest BCUT2D eigenvalue weighted by Gasteiger charge is -2.16. The third-order valence-electron chi connectivity index (χ3n) is 2.83. The van der Waals surface area contributed by atoms with Crippen LogP contribution in [0.25, 0.3) is 0 Å². The molecule has 0 saturated heterocycles. The van der Waals surface area contributed by atoms with Crippen LogP contribution >= 0.6 is 22.9 Å². The number of aryl methyl sites for hydroxylation is 1. The number of carbonyl (C=O) groups excluding carboxylic acids is 1. The smallest absolute Gasteiger partial charge is 0.186 e. The van der Waals surface area contributed by atoms with Crippen molar-refractivity contribution in [3.63, 3.8) is 0 Å². The van der Waals surface area contributed by atoms with E-state index in [1.165, 1.54) is 0 Å². The van der Waals surface area contributed by atoms with Gasteiger partial charge in [0.05, 0.1) is 11.4 Å². The number of carbonyl (C=O) groups is 1. The molecule has 0 fully saturated rings. The molecule has 100 valence electrons. The minimum atomic E-state index is 0.160. The summed E-state index contributed by atoms with van der Waals surface area (Å²) in [6, 6.07) is 11.6. The first-order chi connectivity index (χ1) is 9.06. The Morgan fingerprint density at radius 3 is 2.63 bits per heavy atom. The SMILES string of the molecule is Cc1ccc(C(=O)CN(C)Cc2ccccc2Cl)s1. The van der Waals surface area contributed by atoms with E-state index in [1.807, 2.05) is 55.3 Å². The van der Waals surface area contributed by atoms with Crippen LogP contribution in [0.2, 0.25) is 5.02 Å². The van der Waals surface area contributed by atoms with Crippen molar-refractivity contribution in [2.24, 2.45) is 0 Å². The van der Waals surface area contributed by atoms with Gasteiger partial charge in [0.2, 0.25) is 0 Å². The lowest BCUT2D eigenvalue weighted by Crippen LogP contribution is -2.25. The molecule has 0 saturated carbocycles. The fraction of sp³-hybridized carbons (Fsp3) is 0.267. The molecule has 0 radical (unpaired) electrons. The number of benzene rings is 1. The molecule has 0 atom stereocenters. The summed E-state index contributed by atoms with van der Waals surface area (Å²) in [4.78, 5) is 16.1. The van der Waals surface area contributed by atoms with Crippen LogP contribution in [0.15, 0.2) is 36.4 Å². The molecule has 2 nitrogen and oxygen atoms in total. The first-order valence-electron chi connectivity index (χ1n) is 6.08. The summed E-state index contributed by atoms with van der Waals surface area (Å²) in [6.45, 7) is 3.09. The van der Waals surface area contributed by atoms with Gasteiger partial charge in [0, 0.05) is 16.4 Å². The third-order valence-corrected chi connectivity index (χ3v) is 4.24. The Bertz CT molecular complexity index is 579. The second kappa shape index (κ2) is 6.33. The Balaban J connectivity index is 1.96. The zero-order chi connectivity index (χ0) is 13.8. The Morgan fingerprint density at radius 1 is 1.26 bits per heavy atom. The second-order valence-electron chi connectivity index (χ2n) is 4.60. The number of ketones is 1.